The van der Waals surface area contributed by atoms with Crippen molar-refractivity contribution in [1.82, 2.24) is 4.98 Å². The minimum Gasteiger partial charge on any atom is -0.456 e. The van der Waals surface area contributed by atoms with Crippen LogP contribution >= 0.6 is 11.6 Å². The fourth-order valence-corrected chi connectivity index (χ4v) is 2.09. The van der Waals surface area contributed by atoms with E-state index in [-0.39, 0.29) is 0 Å². The molecule has 0 aliphatic carbocycles. The van der Waals surface area contributed by atoms with Gasteiger partial charge in [0.2, 0.25) is 0 Å². The standard InChI is InChI=1S/C14H10ClNO2/c15-10-5-3-4-9-8-12(18-14(9)10)13(17)11-6-1-2-7-16-11/h1-8,13,17H. The number of aliphatic hydroxyl groups excluding tert-OH is 1. The molecule has 1 aromatic carbocycles. The number of benzene rings is 1. The molecule has 18 heavy (non-hydrogen) atoms. The van der Waals surface area contributed by atoms with E-state index in [1.807, 2.05) is 18.2 Å². The van der Waals surface area contributed by atoms with Crippen LogP contribution in [-0.4, -0.2) is 10.1 Å². The van der Waals surface area contributed by atoms with Crippen molar-refractivity contribution in [3.8, 4) is 0 Å². The minimum atomic E-state index is -0.880. The summed E-state index contributed by atoms with van der Waals surface area (Å²) in [6.45, 7) is 0. The van der Waals surface area contributed by atoms with E-state index in [0.717, 1.165) is 5.39 Å². The number of nitrogens with zero attached hydrogens (tertiary/aromatic N) is 1. The highest BCUT2D eigenvalue weighted by Crippen LogP contribution is 2.31. The Morgan fingerprint density at radius 3 is 2.78 bits per heavy atom. The predicted octanol–water partition coefficient (Wildman–Crippen LogP) is 3.56. The van der Waals surface area contributed by atoms with Crippen LogP contribution in [0.5, 0.6) is 0 Å². The molecule has 1 atom stereocenters. The predicted molar refractivity (Wildman–Crippen MR) is 69.5 cm³/mol. The highest BCUT2D eigenvalue weighted by molar-refractivity contribution is 6.34. The average molecular weight is 260 g/mol. The number of para-hydroxylation sites is 1. The van der Waals surface area contributed by atoms with Crippen molar-refractivity contribution in [2.75, 3.05) is 0 Å². The summed E-state index contributed by atoms with van der Waals surface area (Å²) >= 11 is 6.03. The number of pyridine rings is 1. The maximum atomic E-state index is 10.2. The zero-order chi connectivity index (χ0) is 12.5. The largest absolute Gasteiger partial charge is 0.456 e. The van der Waals surface area contributed by atoms with Crippen molar-refractivity contribution in [2.45, 2.75) is 6.10 Å². The quantitative estimate of drug-likeness (QED) is 0.765. The van der Waals surface area contributed by atoms with Crippen LogP contribution in [0.2, 0.25) is 5.02 Å². The fraction of sp³-hybridized carbons (Fsp3) is 0.0714. The molecule has 90 valence electrons. The summed E-state index contributed by atoms with van der Waals surface area (Å²) in [5.41, 5.74) is 1.14. The topological polar surface area (TPSA) is 46.3 Å². The third-order valence-corrected chi connectivity index (χ3v) is 3.05. The van der Waals surface area contributed by atoms with E-state index < -0.39 is 6.10 Å². The Bertz CT molecular complexity index is 679. The molecule has 1 unspecified atom stereocenters. The Morgan fingerprint density at radius 1 is 1.17 bits per heavy atom. The first-order chi connectivity index (χ1) is 8.75. The highest BCUT2D eigenvalue weighted by atomic mass is 35.5. The molecule has 3 nitrogen and oxygen atoms in total. The first kappa shape index (κ1) is 11.3. The molecule has 2 aromatic heterocycles. The van der Waals surface area contributed by atoms with Gasteiger partial charge < -0.3 is 9.52 Å². The lowest BCUT2D eigenvalue weighted by Gasteiger charge is -2.05. The molecule has 4 heteroatoms. The summed E-state index contributed by atoms with van der Waals surface area (Å²) in [6.07, 6.45) is 0.753. The SMILES string of the molecule is OC(c1ccccn1)c1cc2cccc(Cl)c2o1. The molecule has 3 aromatic rings. The van der Waals surface area contributed by atoms with Gasteiger partial charge in [-0.25, -0.2) is 0 Å². The number of hydrogen-bond donors (Lipinski definition) is 1. The van der Waals surface area contributed by atoms with Gasteiger partial charge >= 0.3 is 0 Å². The van der Waals surface area contributed by atoms with E-state index in [2.05, 4.69) is 4.98 Å². The number of aromatic nitrogens is 1. The summed E-state index contributed by atoms with van der Waals surface area (Å²) in [5.74, 6) is 0.441. The van der Waals surface area contributed by atoms with Crippen LogP contribution in [-0.2, 0) is 0 Å². The number of rotatable bonds is 2. The number of hydrogen-bond acceptors (Lipinski definition) is 3. The Balaban J connectivity index is 2.07. The zero-order valence-corrected chi connectivity index (χ0v) is 10.1. The van der Waals surface area contributed by atoms with Crippen LogP contribution < -0.4 is 0 Å². The molecule has 0 aliphatic heterocycles. The molecule has 1 N–H and O–H groups in total. The second-order valence-electron chi connectivity index (χ2n) is 3.96. The normalized spacial score (nSPS) is 12.8. The zero-order valence-electron chi connectivity index (χ0n) is 9.38. The maximum absolute atomic E-state index is 10.2. The van der Waals surface area contributed by atoms with Crippen molar-refractivity contribution in [3.63, 3.8) is 0 Å². The number of aliphatic hydroxyl groups is 1. The molecule has 0 spiro atoms. The van der Waals surface area contributed by atoms with Crippen LogP contribution in [0, 0.1) is 0 Å². The Kier molecular flexibility index (Phi) is 2.78. The van der Waals surface area contributed by atoms with Gasteiger partial charge in [-0.15, -0.1) is 0 Å². The van der Waals surface area contributed by atoms with Gasteiger partial charge in [0.05, 0.1) is 10.7 Å². The van der Waals surface area contributed by atoms with Gasteiger partial charge in [0.25, 0.3) is 0 Å². The van der Waals surface area contributed by atoms with Gasteiger partial charge in [-0.05, 0) is 24.3 Å². The minimum absolute atomic E-state index is 0.441. The third kappa shape index (κ3) is 1.88. The van der Waals surface area contributed by atoms with E-state index in [1.165, 1.54) is 0 Å². The average Bonchev–Trinajstić information content (AvgIpc) is 2.84. The first-order valence-corrected chi connectivity index (χ1v) is 5.90. The van der Waals surface area contributed by atoms with Gasteiger partial charge in [-0.3, -0.25) is 4.98 Å². The van der Waals surface area contributed by atoms with Gasteiger partial charge in [0.15, 0.2) is 11.7 Å². The smallest absolute Gasteiger partial charge is 0.153 e. The lowest BCUT2D eigenvalue weighted by atomic mass is 10.1. The van der Waals surface area contributed by atoms with Crippen molar-refractivity contribution >= 4 is 22.6 Å². The van der Waals surface area contributed by atoms with Gasteiger partial charge in [-0.2, -0.15) is 0 Å². The second-order valence-corrected chi connectivity index (χ2v) is 4.37. The van der Waals surface area contributed by atoms with Gasteiger partial charge in [0.1, 0.15) is 5.76 Å². The first-order valence-electron chi connectivity index (χ1n) is 5.52. The summed E-state index contributed by atoms with van der Waals surface area (Å²) in [6, 6.07) is 12.6. The molecule has 0 aliphatic rings. The molecule has 0 radical (unpaired) electrons. The van der Waals surface area contributed by atoms with Crippen molar-refractivity contribution < 1.29 is 9.52 Å². The number of furan rings is 1. The molecule has 2 heterocycles. The van der Waals surface area contributed by atoms with Gasteiger partial charge in [-0.1, -0.05) is 29.8 Å². The summed E-state index contributed by atoms with van der Waals surface area (Å²) in [7, 11) is 0. The molecule has 0 saturated heterocycles. The van der Waals surface area contributed by atoms with Gasteiger partial charge in [0, 0.05) is 11.6 Å². The summed E-state index contributed by atoms with van der Waals surface area (Å²) in [5, 5.41) is 11.6. The summed E-state index contributed by atoms with van der Waals surface area (Å²) < 4.78 is 5.59. The Labute approximate surface area is 109 Å². The molecule has 3 rings (SSSR count). The van der Waals surface area contributed by atoms with E-state index in [1.54, 1.807) is 30.5 Å². The van der Waals surface area contributed by atoms with E-state index >= 15 is 0 Å². The lowest BCUT2D eigenvalue weighted by molar-refractivity contribution is 0.187. The van der Waals surface area contributed by atoms with Crippen LogP contribution in [0.1, 0.15) is 17.6 Å². The van der Waals surface area contributed by atoms with Crippen LogP contribution in [0.15, 0.2) is 53.1 Å². The van der Waals surface area contributed by atoms with Crippen molar-refractivity contribution in [3.05, 3.63) is 65.1 Å². The Morgan fingerprint density at radius 2 is 2.06 bits per heavy atom. The molecule has 0 saturated carbocycles. The van der Waals surface area contributed by atoms with E-state index in [4.69, 9.17) is 16.0 Å². The summed E-state index contributed by atoms with van der Waals surface area (Å²) in [4.78, 5) is 4.10. The monoisotopic (exact) mass is 259 g/mol. The van der Waals surface area contributed by atoms with Crippen LogP contribution in [0.4, 0.5) is 0 Å². The molecular weight excluding hydrogens is 250 g/mol. The number of halogens is 1. The third-order valence-electron chi connectivity index (χ3n) is 2.75. The highest BCUT2D eigenvalue weighted by Gasteiger charge is 2.17. The molecule has 0 amide bonds. The fourth-order valence-electron chi connectivity index (χ4n) is 1.87. The molecular formula is C14H10ClNO2. The molecule has 0 bridgehead atoms. The van der Waals surface area contributed by atoms with E-state index in [9.17, 15) is 5.11 Å². The lowest BCUT2D eigenvalue weighted by Crippen LogP contribution is -1.99. The van der Waals surface area contributed by atoms with Crippen molar-refractivity contribution in [2.24, 2.45) is 0 Å². The molecule has 0 fully saturated rings. The second kappa shape index (κ2) is 4.44. The van der Waals surface area contributed by atoms with Crippen LogP contribution in [0.3, 0.4) is 0 Å². The maximum Gasteiger partial charge on any atom is 0.153 e. The Hall–Kier alpha value is -1.84. The van der Waals surface area contributed by atoms with Crippen LogP contribution in [0.25, 0.3) is 11.0 Å². The van der Waals surface area contributed by atoms with E-state index in [0.29, 0.717) is 22.1 Å². The van der Waals surface area contributed by atoms with Crippen molar-refractivity contribution in [1.29, 1.82) is 0 Å². The number of fused-ring (bicyclic) bond motifs is 1.